The largest absolute Gasteiger partial charge is 0.484 e. The van der Waals surface area contributed by atoms with Crippen molar-refractivity contribution in [3.8, 4) is 5.75 Å². The van der Waals surface area contributed by atoms with Crippen molar-refractivity contribution >= 4 is 33.7 Å². The first kappa shape index (κ1) is 19.3. The Balaban J connectivity index is 1.52. The first-order valence-electron chi connectivity index (χ1n) is 8.68. The van der Waals surface area contributed by atoms with Crippen molar-refractivity contribution in [2.75, 3.05) is 32.9 Å². The minimum absolute atomic E-state index is 0.0171. The second kappa shape index (κ2) is 9.48. The summed E-state index contributed by atoms with van der Waals surface area (Å²) in [5, 5.41) is 0. The highest BCUT2D eigenvalue weighted by Crippen LogP contribution is 2.15. The average Bonchev–Trinajstić information content (AvgIpc) is 2.72. The third kappa shape index (κ3) is 5.77. The average molecular weight is 430 g/mol. The molecule has 1 fully saturated rings. The molecule has 6 heteroatoms. The summed E-state index contributed by atoms with van der Waals surface area (Å²) in [6.45, 7) is 2.31. The smallest absolute Gasteiger partial charge is 0.260 e. The lowest BCUT2D eigenvalue weighted by Crippen LogP contribution is -2.42. The van der Waals surface area contributed by atoms with Crippen molar-refractivity contribution in [1.82, 2.24) is 4.90 Å². The molecular weight excluding hydrogens is 410 g/mol. The molecule has 3 rings (SSSR count). The number of benzene rings is 2. The van der Waals surface area contributed by atoms with Gasteiger partial charge in [0.05, 0.1) is 13.2 Å². The second-order valence-electron chi connectivity index (χ2n) is 6.06. The summed E-state index contributed by atoms with van der Waals surface area (Å²) in [6.07, 6.45) is 3.32. The Kier molecular flexibility index (Phi) is 6.79. The fraction of sp³-hybridized carbons (Fsp3) is 0.238. The highest BCUT2D eigenvalue weighted by molar-refractivity contribution is 9.10. The van der Waals surface area contributed by atoms with E-state index in [0.717, 1.165) is 10.0 Å². The Morgan fingerprint density at radius 2 is 1.70 bits per heavy atom. The highest BCUT2D eigenvalue weighted by Gasteiger charge is 2.17. The van der Waals surface area contributed by atoms with Gasteiger partial charge in [-0.05, 0) is 48.0 Å². The highest BCUT2D eigenvalue weighted by atomic mass is 79.9. The Bertz CT molecular complexity index is 809. The number of ketones is 1. The second-order valence-corrected chi connectivity index (χ2v) is 6.97. The maximum Gasteiger partial charge on any atom is 0.260 e. The quantitative estimate of drug-likeness (QED) is 0.520. The van der Waals surface area contributed by atoms with E-state index in [1.165, 1.54) is 0 Å². The Hall–Kier alpha value is -2.44. The van der Waals surface area contributed by atoms with E-state index in [1.54, 1.807) is 41.3 Å². The van der Waals surface area contributed by atoms with E-state index < -0.39 is 0 Å². The topological polar surface area (TPSA) is 55.8 Å². The van der Waals surface area contributed by atoms with E-state index >= 15 is 0 Å². The fourth-order valence-electron chi connectivity index (χ4n) is 2.61. The van der Waals surface area contributed by atoms with E-state index in [0.29, 0.717) is 37.6 Å². The van der Waals surface area contributed by atoms with Gasteiger partial charge in [0.2, 0.25) is 0 Å². The Morgan fingerprint density at radius 3 is 2.37 bits per heavy atom. The van der Waals surface area contributed by atoms with Crippen LogP contribution in [0.4, 0.5) is 0 Å². The van der Waals surface area contributed by atoms with Crippen LogP contribution >= 0.6 is 15.9 Å². The molecule has 0 N–H and O–H groups in total. The molecule has 1 heterocycles. The molecule has 0 atom stereocenters. The number of amides is 1. The van der Waals surface area contributed by atoms with Gasteiger partial charge in [-0.15, -0.1) is 0 Å². The van der Waals surface area contributed by atoms with Gasteiger partial charge in [-0.1, -0.05) is 34.1 Å². The molecule has 2 aromatic carbocycles. The molecule has 0 spiro atoms. The number of halogens is 1. The molecule has 1 aliphatic heterocycles. The minimum atomic E-state index is -0.0890. The van der Waals surface area contributed by atoms with Crippen LogP contribution < -0.4 is 4.74 Å². The molecule has 2 aromatic rings. The molecule has 1 amide bonds. The molecule has 140 valence electrons. The normalized spacial score (nSPS) is 14.3. The van der Waals surface area contributed by atoms with E-state index in [-0.39, 0.29) is 18.3 Å². The number of nitrogens with zero attached hydrogens (tertiary/aromatic N) is 1. The van der Waals surface area contributed by atoms with Crippen molar-refractivity contribution in [2.24, 2.45) is 0 Å². The number of carbonyl (C=O) groups is 2. The number of carbonyl (C=O) groups excluding carboxylic acids is 2. The lowest BCUT2D eigenvalue weighted by Gasteiger charge is -2.26. The van der Waals surface area contributed by atoms with E-state index in [4.69, 9.17) is 9.47 Å². The lowest BCUT2D eigenvalue weighted by molar-refractivity contribution is -0.137. The van der Waals surface area contributed by atoms with Crippen molar-refractivity contribution in [3.63, 3.8) is 0 Å². The van der Waals surface area contributed by atoms with Gasteiger partial charge < -0.3 is 14.4 Å². The fourth-order valence-corrected chi connectivity index (χ4v) is 2.87. The van der Waals surface area contributed by atoms with Crippen LogP contribution in [-0.4, -0.2) is 49.5 Å². The summed E-state index contributed by atoms with van der Waals surface area (Å²) in [5.74, 6) is 0.412. The van der Waals surface area contributed by atoms with Gasteiger partial charge >= 0.3 is 0 Å². The lowest BCUT2D eigenvalue weighted by atomic mass is 10.1. The summed E-state index contributed by atoms with van der Waals surface area (Å²) in [4.78, 5) is 26.1. The number of hydrogen-bond donors (Lipinski definition) is 0. The summed E-state index contributed by atoms with van der Waals surface area (Å²) >= 11 is 3.38. The number of rotatable bonds is 6. The molecule has 0 saturated carbocycles. The number of allylic oxidation sites excluding steroid dienone is 1. The van der Waals surface area contributed by atoms with Gasteiger partial charge in [0.15, 0.2) is 12.4 Å². The van der Waals surface area contributed by atoms with Crippen LogP contribution in [-0.2, 0) is 9.53 Å². The van der Waals surface area contributed by atoms with E-state index in [2.05, 4.69) is 15.9 Å². The number of morpholine rings is 1. The molecule has 0 unspecified atom stereocenters. The van der Waals surface area contributed by atoms with Gasteiger partial charge in [-0.2, -0.15) is 0 Å². The van der Waals surface area contributed by atoms with Crippen LogP contribution in [0.2, 0.25) is 0 Å². The zero-order valence-corrected chi connectivity index (χ0v) is 16.4. The van der Waals surface area contributed by atoms with Gasteiger partial charge in [0.25, 0.3) is 5.91 Å². The molecule has 1 saturated heterocycles. The third-order valence-corrected chi connectivity index (χ3v) is 4.69. The van der Waals surface area contributed by atoms with Crippen LogP contribution in [0.3, 0.4) is 0 Å². The summed E-state index contributed by atoms with van der Waals surface area (Å²) in [6, 6.07) is 14.5. The Labute approximate surface area is 166 Å². The van der Waals surface area contributed by atoms with Crippen LogP contribution in [0, 0.1) is 0 Å². The van der Waals surface area contributed by atoms with Gasteiger partial charge in [0.1, 0.15) is 5.75 Å². The monoisotopic (exact) mass is 429 g/mol. The molecule has 0 radical (unpaired) electrons. The first-order valence-corrected chi connectivity index (χ1v) is 9.47. The van der Waals surface area contributed by atoms with Crippen molar-refractivity contribution in [2.45, 2.75) is 0 Å². The van der Waals surface area contributed by atoms with E-state index in [1.807, 2.05) is 24.3 Å². The van der Waals surface area contributed by atoms with Crippen molar-refractivity contribution in [1.29, 1.82) is 0 Å². The molecular formula is C21H20BrNO4. The maximum absolute atomic E-state index is 12.3. The van der Waals surface area contributed by atoms with Crippen LogP contribution in [0.1, 0.15) is 15.9 Å². The maximum atomic E-state index is 12.3. The first-order chi connectivity index (χ1) is 13.1. The molecule has 0 bridgehead atoms. The van der Waals surface area contributed by atoms with E-state index in [9.17, 15) is 9.59 Å². The standard InChI is InChI=1S/C21H20BrNO4/c22-18-6-1-16(2-7-18)3-10-20(24)17-4-8-19(9-5-17)27-15-21(25)23-11-13-26-14-12-23/h1-10H,11-15H2. The van der Waals surface area contributed by atoms with Gasteiger partial charge in [-0.3, -0.25) is 9.59 Å². The third-order valence-electron chi connectivity index (χ3n) is 4.16. The van der Waals surface area contributed by atoms with Crippen LogP contribution in [0.25, 0.3) is 6.08 Å². The number of ether oxygens (including phenoxy) is 2. The van der Waals surface area contributed by atoms with Gasteiger partial charge in [-0.25, -0.2) is 0 Å². The Morgan fingerprint density at radius 1 is 1.04 bits per heavy atom. The molecule has 27 heavy (non-hydrogen) atoms. The zero-order chi connectivity index (χ0) is 19.1. The molecule has 1 aliphatic rings. The molecule has 0 aromatic heterocycles. The number of hydrogen-bond acceptors (Lipinski definition) is 4. The van der Waals surface area contributed by atoms with Crippen LogP contribution in [0.5, 0.6) is 5.75 Å². The summed E-state index contributed by atoms with van der Waals surface area (Å²) in [7, 11) is 0. The molecule has 0 aliphatic carbocycles. The minimum Gasteiger partial charge on any atom is -0.484 e. The SMILES string of the molecule is O=C(C=Cc1ccc(Br)cc1)c1ccc(OCC(=O)N2CCOCC2)cc1. The summed E-state index contributed by atoms with van der Waals surface area (Å²) in [5.41, 5.74) is 1.52. The summed E-state index contributed by atoms with van der Waals surface area (Å²) < 4.78 is 11.8. The zero-order valence-electron chi connectivity index (χ0n) is 14.8. The van der Waals surface area contributed by atoms with Crippen molar-refractivity contribution < 1.29 is 19.1 Å². The van der Waals surface area contributed by atoms with Crippen LogP contribution in [0.15, 0.2) is 59.1 Å². The van der Waals surface area contributed by atoms with Gasteiger partial charge in [0, 0.05) is 23.1 Å². The predicted octanol–water partition coefficient (Wildman–Crippen LogP) is 3.58. The molecule has 5 nitrogen and oxygen atoms in total. The van der Waals surface area contributed by atoms with Crippen molar-refractivity contribution in [3.05, 3.63) is 70.2 Å². The predicted molar refractivity (Wildman–Crippen MR) is 107 cm³/mol.